The molecule has 0 fully saturated rings. The molecular formula is C7H13NO2S. The molecule has 0 saturated carbocycles. The second-order valence-corrected chi connectivity index (χ2v) is 3.37. The van der Waals surface area contributed by atoms with E-state index in [-0.39, 0.29) is 0 Å². The minimum atomic E-state index is -0.538. The lowest BCUT2D eigenvalue weighted by atomic mass is 10.2. The molecule has 0 saturated heterocycles. The molecule has 0 aromatic carbocycles. The second kappa shape index (κ2) is 5.42. The van der Waals surface area contributed by atoms with Crippen molar-refractivity contribution in [3.63, 3.8) is 0 Å². The van der Waals surface area contributed by atoms with Crippen molar-refractivity contribution >= 4 is 11.8 Å². The highest BCUT2D eigenvalue weighted by Gasteiger charge is 2.28. The Morgan fingerprint density at radius 1 is 1.36 bits per heavy atom. The molecule has 0 spiro atoms. The van der Waals surface area contributed by atoms with Crippen molar-refractivity contribution in [2.75, 3.05) is 33.7 Å². The van der Waals surface area contributed by atoms with Gasteiger partial charge in [-0.15, -0.1) is 11.8 Å². The van der Waals surface area contributed by atoms with Gasteiger partial charge >= 0.3 is 0 Å². The van der Waals surface area contributed by atoms with Crippen LogP contribution in [0.1, 0.15) is 0 Å². The van der Waals surface area contributed by atoms with Crippen LogP contribution in [0.5, 0.6) is 0 Å². The quantitative estimate of drug-likeness (QED) is 0.622. The molecule has 3 nitrogen and oxygen atoms in total. The highest BCUT2D eigenvalue weighted by molar-refractivity contribution is 8.00. The Morgan fingerprint density at radius 3 is 2.00 bits per heavy atom. The van der Waals surface area contributed by atoms with Gasteiger partial charge in [0.15, 0.2) is 0 Å². The SMILES string of the molecule is COCC(C#N)(COC)SC. The van der Waals surface area contributed by atoms with E-state index < -0.39 is 4.75 Å². The number of hydrogen-bond acceptors (Lipinski definition) is 4. The predicted octanol–water partition coefficient (Wildman–Crippen LogP) is 0.905. The van der Waals surface area contributed by atoms with E-state index >= 15 is 0 Å². The molecule has 11 heavy (non-hydrogen) atoms. The molecule has 0 aliphatic heterocycles. The van der Waals surface area contributed by atoms with Gasteiger partial charge in [0, 0.05) is 14.2 Å². The zero-order chi connectivity index (χ0) is 8.74. The van der Waals surface area contributed by atoms with Crippen molar-refractivity contribution in [2.24, 2.45) is 0 Å². The number of ether oxygens (including phenoxy) is 2. The van der Waals surface area contributed by atoms with E-state index in [0.717, 1.165) is 0 Å². The van der Waals surface area contributed by atoms with Crippen molar-refractivity contribution in [3.8, 4) is 6.07 Å². The van der Waals surface area contributed by atoms with Crippen LogP contribution in [0.3, 0.4) is 0 Å². The van der Waals surface area contributed by atoms with E-state index in [1.54, 1.807) is 14.2 Å². The Balaban J connectivity index is 4.11. The lowest BCUT2D eigenvalue weighted by molar-refractivity contribution is 0.123. The molecule has 0 aromatic heterocycles. The first-order valence-electron chi connectivity index (χ1n) is 3.19. The van der Waals surface area contributed by atoms with E-state index in [1.165, 1.54) is 11.8 Å². The van der Waals surface area contributed by atoms with Gasteiger partial charge in [-0.3, -0.25) is 0 Å². The summed E-state index contributed by atoms with van der Waals surface area (Å²) in [7, 11) is 3.16. The maximum absolute atomic E-state index is 8.81. The topological polar surface area (TPSA) is 42.2 Å². The molecule has 0 N–H and O–H groups in total. The average molecular weight is 175 g/mol. The number of thioether (sulfide) groups is 1. The molecule has 0 atom stereocenters. The van der Waals surface area contributed by atoms with Gasteiger partial charge in [-0.05, 0) is 6.26 Å². The van der Waals surface area contributed by atoms with Crippen LogP contribution in [0, 0.1) is 11.3 Å². The van der Waals surface area contributed by atoms with Crippen LogP contribution in [0.2, 0.25) is 0 Å². The van der Waals surface area contributed by atoms with Gasteiger partial charge in [0.2, 0.25) is 0 Å². The fraction of sp³-hybridized carbons (Fsp3) is 0.857. The molecule has 0 heterocycles. The Labute approximate surface area is 71.7 Å². The van der Waals surface area contributed by atoms with Gasteiger partial charge in [0.25, 0.3) is 0 Å². The molecule has 0 aromatic rings. The van der Waals surface area contributed by atoms with Crippen molar-refractivity contribution < 1.29 is 9.47 Å². The predicted molar refractivity (Wildman–Crippen MR) is 45.6 cm³/mol. The minimum absolute atomic E-state index is 0.401. The molecule has 4 heteroatoms. The molecule has 64 valence electrons. The summed E-state index contributed by atoms with van der Waals surface area (Å²) >= 11 is 1.46. The van der Waals surface area contributed by atoms with Gasteiger partial charge in [0.1, 0.15) is 4.75 Å². The molecular weight excluding hydrogens is 162 g/mol. The number of methoxy groups -OCH3 is 2. The minimum Gasteiger partial charge on any atom is -0.382 e. The van der Waals surface area contributed by atoms with Crippen LogP contribution in [0.25, 0.3) is 0 Å². The smallest absolute Gasteiger partial charge is 0.148 e. The van der Waals surface area contributed by atoms with Gasteiger partial charge < -0.3 is 9.47 Å². The molecule has 0 rings (SSSR count). The lowest BCUT2D eigenvalue weighted by Gasteiger charge is -2.21. The maximum Gasteiger partial charge on any atom is 0.148 e. The van der Waals surface area contributed by atoms with Crippen LogP contribution < -0.4 is 0 Å². The van der Waals surface area contributed by atoms with Crippen LogP contribution in [-0.2, 0) is 9.47 Å². The van der Waals surface area contributed by atoms with Gasteiger partial charge in [-0.2, -0.15) is 5.26 Å². The Kier molecular flexibility index (Phi) is 5.30. The van der Waals surface area contributed by atoms with Crippen molar-refractivity contribution in [1.82, 2.24) is 0 Å². The summed E-state index contributed by atoms with van der Waals surface area (Å²) in [6, 6.07) is 2.18. The first-order chi connectivity index (χ1) is 5.24. The fourth-order valence-corrected chi connectivity index (χ4v) is 1.30. The Morgan fingerprint density at radius 2 is 1.82 bits per heavy atom. The first-order valence-corrected chi connectivity index (χ1v) is 4.41. The molecule has 0 radical (unpaired) electrons. The summed E-state index contributed by atoms with van der Waals surface area (Å²) in [5.41, 5.74) is 0. The number of rotatable bonds is 5. The monoisotopic (exact) mass is 175 g/mol. The number of nitriles is 1. The molecule has 0 aliphatic rings. The van der Waals surface area contributed by atoms with Gasteiger partial charge in [-0.25, -0.2) is 0 Å². The van der Waals surface area contributed by atoms with E-state index in [1.807, 2.05) is 6.26 Å². The third-order valence-electron chi connectivity index (χ3n) is 1.35. The summed E-state index contributed by atoms with van der Waals surface area (Å²) in [4.78, 5) is 0. The standard InChI is InChI=1S/C7H13NO2S/c1-9-5-7(4-8,11-3)6-10-2/h5-6H2,1-3H3. The van der Waals surface area contributed by atoms with Crippen molar-refractivity contribution in [1.29, 1.82) is 5.26 Å². The third-order valence-corrected chi connectivity index (χ3v) is 2.46. The number of nitrogens with zero attached hydrogens (tertiary/aromatic N) is 1. The van der Waals surface area contributed by atoms with E-state index in [9.17, 15) is 0 Å². The van der Waals surface area contributed by atoms with Gasteiger partial charge in [-0.1, -0.05) is 0 Å². The molecule has 0 aliphatic carbocycles. The zero-order valence-corrected chi connectivity index (χ0v) is 7.90. The first kappa shape index (κ1) is 10.8. The summed E-state index contributed by atoms with van der Waals surface area (Å²) in [6.45, 7) is 0.803. The van der Waals surface area contributed by atoms with Crippen LogP contribution >= 0.6 is 11.8 Å². The zero-order valence-electron chi connectivity index (χ0n) is 7.09. The second-order valence-electron chi connectivity index (χ2n) is 2.18. The largest absolute Gasteiger partial charge is 0.382 e. The van der Waals surface area contributed by atoms with Gasteiger partial charge in [0.05, 0.1) is 19.3 Å². The highest BCUT2D eigenvalue weighted by Crippen LogP contribution is 2.22. The lowest BCUT2D eigenvalue weighted by Crippen LogP contribution is -2.33. The average Bonchev–Trinajstić information content (AvgIpc) is 2.04. The summed E-state index contributed by atoms with van der Waals surface area (Å²) in [5.74, 6) is 0. The maximum atomic E-state index is 8.81. The Bertz CT molecular complexity index is 138. The summed E-state index contributed by atoms with van der Waals surface area (Å²) < 4.78 is 9.30. The molecule has 0 unspecified atom stereocenters. The van der Waals surface area contributed by atoms with Crippen molar-refractivity contribution in [2.45, 2.75) is 4.75 Å². The normalized spacial score (nSPS) is 11.1. The third kappa shape index (κ3) is 3.10. The fourth-order valence-electron chi connectivity index (χ4n) is 0.736. The van der Waals surface area contributed by atoms with E-state index in [0.29, 0.717) is 13.2 Å². The van der Waals surface area contributed by atoms with Crippen LogP contribution in [0.4, 0.5) is 0 Å². The summed E-state index contributed by atoms with van der Waals surface area (Å²) in [6.07, 6.45) is 1.88. The summed E-state index contributed by atoms with van der Waals surface area (Å²) in [5, 5.41) is 8.81. The Hall–Kier alpha value is -0.240. The van der Waals surface area contributed by atoms with Crippen molar-refractivity contribution in [3.05, 3.63) is 0 Å². The molecule has 0 bridgehead atoms. The number of hydrogen-bond donors (Lipinski definition) is 0. The highest BCUT2D eigenvalue weighted by atomic mass is 32.2. The van der Waals surface area contributed by atoms with E-state index in [4.69, 9.17) is 14.7 Å². The van der Waals surface area contributed by atoms with Crippen LogP contribution in [0.15, 0.2) is 0 Å². The van der Waals surface area contributed by atoms with E-state index in [2.05, 4.69) is 6.07 Å². The van der Waals surface area contributed by atoms with Crippen LogP contribution in [-0.4, -0.2) is 38.4 Å². The molecule has 0 amide bonds.